The highest BCUT2D eigenvalue weighted by atomic mass is 16.5. The predicted molar refractivity (Wildman–Crippen MR) is 54.6 cm³/mol. The Bertz CT molecular complexity index is 296. The van der Waals surface area contributed by atoms with Gasteiger partial charge in [0.1, 0.15) is 24.7 Å². The van der Waals surface area contributed by atoms with Crippen LogP contribution in [-0.2, 0) is 19.1 Å². The summed E-state index contributed by atoms with van der Waals surface area (Å²) in [6.45, 7) is 5.51. The van der Waals surface area contributed by atoms with Gasteiger partial charge in [-0.2, -0.15) is 0 Å². The number of aliphatic hydroxyl groups excluding tert-OH is 2. The lowest BCUT2D eigenvalue weighted by Crippen LogP contribution is -2.07. The number of ether oxygens (including phenoxy) is 2. The molecule has 6 nitrogen and oxygen atoms in total. The van der Waals surface area contributed by atoms with E-state index in [4.69, 9.17) is 10.2 Å². The van der Waals surface area contributed by atoms with Gasteiger partial charge in [-0.25, -0.2) is 9.59 Å². The van der Waals surface area contributed by atoms with Crippen molar-refractivity contribution in [2.24, 2.45) is 0 Å². The lowest BCUT2D eigenvalue weighted by atomic mass is 10.5. The maximum Gasteiger partial charge on any atom is 0.331 e. The fourth-order valence-corrected chi connectivity index (χ4v) is 0.541. The standard InChI is InChI=1S/C10H12O6/c1-7(11)5-15-9(13)3-4-10(14)16-6-8(2)12/h3-4,11-12H,1-2,5-6H2/b4-3+. The van der Waals surface area contributed by atoms with Crippen molar-refractivity contribution in [2.75, 3.05) is 13.2 Å². The van der Waals surface area contributed by atoms with Crippen LogP contribution in [0.3, 0.4) is 0 Å². The van der Waals surface area contributed by atoms with E-state index in [9.17, 15) is 9.59 Å². The molecule has 0 fully saturated rings. The van der Waals surface area contributed by atoms with Crippen molar-refractivity contribution >= 4 is 11.9 Å². The van der Waals surface area contributed by atoms with E-state index in [1.165, 1.54) is 0 Å². The van der Waals surface area contributed by atoms with Gasteiger partial charge in [0, 0.05) is 12.2 Å². The fraction of sp³-hybridized carbons (Fsp3) is 0.200. The molecular weight excluding hydrogens is 216 g/mol. The molecule has 0 amide bonds. The largest absolute Gasteiger partial charge is 0.509 e. The van der Waals surface area contributed by atoms with Gasteiger partial charge in [0.05, 0.1) is 0 Å². The van der Waals surface area contributed by atoms with Crippen LogP contribution in [0.5, 0.6) is 0 Å². The van der Waals surface area contributed by atoms with Gasteiger partial charge in [-0.3, -0.25) is 0 Å². The van der Waals surface area contributed by atoms with Gasteiger partial charge in [-0.05, 0) is 0 Å². The van der Waals surface area contributed by atoms with Crippen molar-refractivity contribution in [1.82, 2.24) is 0 Å². The molecule has 0 unspecified atom stereocenters. The van der Waals surface area contributed by atoms with Crippen LogP contribution < -0.4 is 0 Å². The molecule has 0 atom stereocenters. The van der Waals surface area contributed by atoms with Crippen molar-refractivity contribution in [3.05, 3.63) is 36.8 Å². The number of hydrogen-bond acceptors (Lipinski definition) is 6. The summed E-state index contributed by atoms with van der Waals surface area (Å²) in [5.41, 5.74) is 0. The lowest BCUT2D eigenvalue weighted by molar-refractivity contribution is -0.140. The molecule has 0 radical (unpaired) electrons. The molecule has 0 bridgehead atoms. The Labute approximate surface area is 92.1 Å². The van der Waals surface area contributed by atoms with Crippen molar-refractivity contribution < 1.29 is 29.3 Å². The van der Waals surface area contributed by atoms with E-state index in [0.717, 1.165) is 12.2 Å². The summed E-state index contributed by atoms with van der Waals surface area (Å²) in [6, 6.07) is 0. The summed E-state index contributed by atoms with van der Waals surface area (Å²) in [5, 5.41) is 17.2. The van der Waals surface area contributed by atoms with Gasteiger partial charge in [-0.15, -0.1) is 0 Å². The first-order valence-electron chi connectivity index (χ1n) is 4.17. The maximum atomic E-state index is 10.9. The topological polar surface area (TPSA) is 93.1 Å². The predicted octanol–water partition coefficient (Wildman–Crippen LogP) is 0.772. The van der Waals surface area contributed by atoms with Gasteiger partial charge < -0.3 is 19.7 Å². The molecule has 0 aliphatic rings. The average molecular weight is 228 g/mol. The van der Waals surface area contributed by atoms with Crippen molar-refractivity contribution in [3.63, 3.8) is 0 Å². The van der Waals surface area contributed by atoms with Gasteiger partial charge in [-0.1, -0.05) is 13.2 Å². The minimum atomic E-state index is -0.824. The average Bonchev–Trinajstić information content (AvgIpc) is 2.20. The Balaban J connectivity index is 3.88. The van der Waals surface area contributed by atoms with Gasteiger partial charge >= 0.3 is 11.9 Å². The highest BCUT2D eigenvalue weighted by molar-refractivity contribution is 5.91. The SMILES string of the molecule is C=C(O)COC(=O)/C=C/C(=O)OCC(=C)O. The van der Waals surface area contributed by atoms with Crippen LogP contribution in [0.25, 0.3) is 0 Å². The van der Waals surface area contributed by atoms with Gasteiger partial charge in [0.15, 0.2) is 0 Å². The highest BCUT2D eigenvalue weighted by Crippen LogP contribution is 1.90. The van der Waals surface area contributed by atoms with Gasteiger partial charge in [0.25, 0.3) is 0 Å². The van der Waals surface area contributed by atoms with Crippen LogP contribution in [0.4, 0.5) is 0 Å². The Hall–Kier alpha value is -2.24. The third kappa shape index (κ3) is 8.36. The van der Waals surface area contributed by atoms with Crippen LogP contribution >= 0.6 is 0 Å². The summed E-state index contributed by atoms with van der Waals surface area (Å²) >= 11 is 0. The summed E-state index contributed by atoms with van der Waals surface area (Å²) in [4.78, 5) is 21.7. The zero-order chi connectivity index (χ0) is 12.6. The van der Waals surface area contributed by atoms with E-state index < -0.39 is 11.9 Å². The number of aliphatic hydroxyl groups is 2. The Morgan fingerprint density at radius 2 is 1.25 bits per heavy atom. The second-order valence-corrected chi connectivity index (χ2v) is 2.68. The molecule has 2 N–H and O–H groups in total. The molecule has 0 saturated heterocycles. The van der Waals surface area contributed by atoms with Crippen molar-refractivity contribution in [1.29, 1.82) is 0 Å². The van der Waals surface area contributed by atoms with E-state index in [-0.39, 0.29) is 24.7 Å². The third-order valence-corrected chi connectivity index (χ3v) is 1.12. The molecule has 0 spiro atoms. The number of esters is 2. The molecule has 0 aliphatic heterocycles. The van der Waals surface area contributed by atoms with Gasteiger partial charge in [0.2, 0.25) is 0 Å². The maximum absolute atomic E-state index is 10.9. The minimum Gasteiger partial charge on any atom is -0.509 e. The van der Waals surface area contributed by atoms with E-state index in [1.807, 2.05) is 0 Å². The molecule has 0 rings (SSSR count). The first kappa shape index (κ1) is 13.8. The van der Waals surface area contributed by atoms with E-state index >= 15 is 0 Å². The molecular formula is C10H12O6. The Morgan fingerprint density at radius 3 is 1.50 bits per heavy atom. The summed E-state index contributed by atoms with van der Waals surface area (Å²) < 4.78 is 8.86. The zero-order valence-electron chi connectivity index (χ0n) is 8.51. The number of carbonyl (C=O) groups is 2. The second-order valence-electron chi connectivity index (χ2n) is 2.68. The first-order chi connectivity index (χ1) is 7.41. The minimum absolute atomic E-state index is 0.305. The third-order valence-electron chi connectivity index (χ3n) is 1.12. The fourth-order valence-electron chi connectivity index (χ4n) is 0.541. The Morgan fingerprint density at radius 1 is 0.938 bits per heavy atom. The first-order valence-corrected chi connectivity index (χ1v) is 4.17. The zero-order valence-corrected chi connectivity index (χ0v) is 8.51. The van der Waals surface area contributed by atoms with Crippen LogP contribution in [0, 0.1) is 0 Å². The number of hydrogen-bond donors (Lipinski definition) is 2. The molecule has 16 heavy (non-hydrogen) atoms. The van der Waals surface area contributed by atoms with E-state index in [0.29, 0.717) is 0 Å². The molecule has 6 heteroatoms. The summed E-state index contributed by atoms with van der Waals surface area (Å²) in [7, 11) is 0. The number of rotatable bonds is 6. The molecule has 0 heterocycles. The smallest absolute Gasteiger partial charge is 0.331 e. The molecule has 88 valence electrons. The van der Waals surface area contributed by atoms with Crippen LogP contribution in [-0.4, -0.2) is 35.4 Å². The van der Waals surface area contributed by atoms with Crippen LogP contribution in [0.1, 0.15) is 0 Å². The van der Waals surface area contributed by atoms with E-state index in [2.05, 4.69) is 22.6 Å². The molecule has 0 aromatic rings. The molecule has 0 aliphatic carbocycles. The van der Waals surface area contributed by atoms with Crippen LogP contribution in [0.2, 0.25) is 0 Å². The second kappa shape index (κ2) is 7.10. The van der Waals surface area contributed by atoms with Crippen molar-refractivity contribution in [2.45, 2.75) is 0 Å². The Kier molecular flexibility index (Phi) is 6.11. The molecule has 0 aromatic carbocycles. The summed E-state index contributed by atoms with van der Waals surface area (Å²) in [6.07, 6.45) is 1.65. The summed E-state index contributed by atoms with van der Waals surface area (Å²) in [5.74, 6) is -2.26. The molecule has 0 aromatic heterocycles. The highest BCUT2D eigenvalue weighted by Gasteiger charge is 2.01. The van der Waals surface area contributed by atoms with Crippen LogP contribution in [0.15, 0.2) is 36.8 Å². The number of carbonyl (C=O) groups excluding carboxylic acids is 2. The monoisotopic (exact) mass is 228 g/mol. The van der Waals surface area contributed by atoms with Crippen molar-refractivity contribution in [3.8, 4) is 0 Å². The molecule has 0 saturated carbocycles. The lowest BCUT2D eigenvalue weighted by Gasteiger charge is -2.00. The normalized spacial score (nSPS) is 9.75. The van der Waals surface area contributed by atoms with E-state index in [1.54, 1.807) is 0 Å². The quantitative estimate of drug-likeness (QED) is 0.396.